The number of rotatable bonds is 3. The summed E-state index contributed by atoms with van der Waals surface area (Å²) in [5, 5.41) is 0. The van der Waals surface area contributed by atoms with E-state index < -0.39 is 17.5 Å². The third kappa shape index (κ3) is 3.68. The van der Waals surface area contributed by atoms with Crippen LogP contribution in [0.25, 0.3) is 0 Å². The molecule has 130 valence electrons. The minimum Gasteiger partial charge on any atom is -0.368 e. The number of benzene rings is 2. The van der Waals surface area contributed by atoms with Crippen LogP contribution in [0.4, 0.5) is 14.5 Å². The van der Waals surface area contributed by atoms with Crippen LogP contribution >= 0.6 is 0 Å². The number of ketones is 1. The van der Waals surface area contributed by atoms with E-state index in [9.17, 15) is 18.4 Å². The summed E-state index contributed by atoms with van der Waals surface area (Å²) in [6.45, 7) is 3.53. The van der Waals surface area contributed by atoms with Crippen LogP contribution in [0, 0.1) is 11.6 Å². The monoisotopic (exact) mass is 344 g/mol. The van der Waals surface area contributed by atoms with Crippen LogP contribution in [0.3, 0.4) is 0 Å². The van der Waals surface area contributed by atoms with Crippen molar-refractivity contribution in [1.29, 1.82) is 0 Å². The number of nitrogens with zero attached hydrogens (tertiary/aromatic N) is 2. The molecule has 2 aromatic carbocycles. The average molecular weight is 344 g/mol. The molecule has 25 heavy (non-hydrogen) atoms. The fourth-order valence-corrected chi connectivity index (χ4v) is 2.91. The van der Waals surface area contributed by atoms with Crippen molar-refractivity contribution in [2.75, 3.05) is 31.1 Å². The summed E-state index contributed by atoms with van der Waals surface area (Å²) in [5.74, 6) is -1.83. The lowest BCUT2D eigenvalue weighted by Crippen LogP contribution is -2.49. The first-order valence-corrected chi connectivity index (χ1v) is 8.06. The van der Waals surface area contributed by atoms with E-state index in [0.717, 1.165) is 23.9 Å². The maximum absolute atomic E-state index is 13.8. The average Bonchev–Trinajstić information content (AvgIpc) is 2.63. The molecule has 1 aliphatic rings. The number of halogens is 2. The van der Waals surface area contributed by atoms with Gasteiger partial charge in [0.2, 0.25) is 0 Å². The molecule has 0 atom stereocenters. The summed E-state index contributed by atoms with van der Waals surface area (Å²) < 4.78 is 27.0. The number of carbonyl (C=O) groups excluding carboxylic acids is 2. The van der Waals surface area contributed by atoms with Gasteiger partial charge in [-0.15, -0.1) is 0 Å². The van der Waals surface area contributed by atoms with Gasteiger partial charge in [0.1, 0.15) is 11.6 Å². The largest absolute Gasteiger partial charge is 0.368 e. The van der Waals surface area contributed by atoms with Gasteiger partial charge in [0.15, 0.2) is 5.78 Å². The van der Waals surface area contributed by atoms with Crippen LogP contribution in [0.2, 0.25) is 0 Å². The second-order valence-electron chi connectivity index (χ2n) is 6.01. The predicted molar refractivity (Wildman–Crippen MR) is 90.9 cm³/mol. The van der Waals surface area contributed by atoms with Gasteiger partial charge >= 0.3 is 0 Å². The molecule has 0 aromatic heterocycles. The molecule has 1 heterocycles. The Balaban J connectivity index is 1.66. The van der Waals surface area contributed by atoms with Crippen molar-refractivity contribution in [3.8, 4) is 0 Å². The zero-order valence-electron chi connectivity index (χ0n) is 13.8. The van der Waals surface area contributed by atoms with Gasteiger partial charge in [-0.25, -0.2) is 8.78 Å². The molecule has 2 aromatic rings. The normalized spacial score (nSPS) is 14.5. The molecular weight excluding hydrogens is 326 g/mol. The molecule has 0 spiro atoms. The van der Waals surface area contributed by atoms with E-state index in [0.29, 0.717) is 31.7 Å². The molecule has 4 nitrogen and oxygen atoms in total. The van der Waals surface area contributed by atoms with Gasteiger partial charge < -0.3 is 9.80 Å². The highest BCUT2D eigenvalue weighted by molar-refractivity contribution is 5.95. The van der Waals surface area contributed by atoms with Crippen molar-refractivity contribution in [2.45, 2.75) is 6.92 Å². The molecule has 0 aliphatic carbocycles. The number of amides is 1. The fourth-order valence-electron chi connectivity index (χ4n) is 2.91. The van der Waals surface area contributed by atoms with Crippen molar-refractivity contribution >= 4 is 17.4 Å². The van der Waals surface area contributed by atoms with Gasteiger partial charge in [0.25, 0.3) is 5.91 Å². The Hall–Kier alpha value is -2.76. The van der Waals surface area contributed by atoms with Crippen molar-refractivity contribution in [2.24, 2.45) is 0 Å². The topological polar surface area (TPSA) is 40.6 Å². The second kappa shape index (κ2) is 7.01. The van der Waals surface area contributed by atoms with E-state index in [1.807, 2.05) is 12.1 Å². The van der Waals surface area contributed by atoms with Crippen LogP contribution in [0.15, 0.2) is 42.5 Å². The number of hydrogen-bond donors (Lipinski definition) is 0. The smallest absolute Gasteiger partial charge is 0.257 e. The molecule has 0 bridgehead atoms. The Bertz CT molecular complexity index is 798. The molecule has 3 rings (SSSR count). The quantitative estimate of drug-likeness (QED) is 0.803. The second-order valence-corrected chi connectivity index (χ2v) is 6.01. The van der Waals surface area contributed by atoms with Crippen molar-refractivity contribution in [1.82, 2.24) is 4.90 Å². The SMILES string of the molecule is CC(=O)c1ccc(N2CCN(C(=O)c3cc(F)ccc3F)CC2)cc1. The Morgan fingerprint density at radius 1 is 0.920 bits per heavy atom. The lowest BCUT2D eigenvalue weighted by molar-refractivity contribution is 0.0741. The van der Waals surface area contributed by atoms with Gasteiger partial charge in [-0.05, 0) is 49.4 Å². The number of hydrogen-bond acceptors (Lipinski definition) is 3. The minimum absolute atomic E-state index is 0.0130. The van der Waals surface area contributed by atoms with Crippen LogP contribution in [-0.4, -0.2) is 42.8 Å². The van der Waals surface area contributed by atoms with Crippen molar-refractivity contribution < 1.29 is 18.4 Å². The lowest BCUT2D eigenvalue weighted by atomic mass is 10.1. The molecule has 6 heteroatoms. The highest BCUT2D eigenvalue weighted by Crippen LogP contribution is 2.19. The Morgan fingerprint density at radius 3 is 2.16 bits per heavy atom. The molecule has 1 aliphatic heterocycles. The van der Waals surface area contributed by atoms with Crippen LogP contribution < -0.4 is 4.90 Å². The lowest BCUT2D eigenvalue weighted by Gasteiger charge is -2.36. The summed E-state index contributed by atoms with van der Waals surface area (Å²) in [7, 11) is 0. The number of piperazine rings is 1. The molecule has 0 radical (unpaired) electrons. The standard InChI is InChI=1S/C19H18F2N2O2/c1-13(24)14-2-5-16(6-3-14)22-8-10-23(11-9-22)19(25)17-12-15(20)4-7-18(17)21/h2-7,12H,8-11H2,1H3. The molecule has 0 N–H and O–H groups in total. The Labute approximate surface area is 144 Å². The van der Waals surface area contributed by atoms with Gasteiger partial charge in [-0.1, -0.05) is 0 Å². The van der Waals surface area contributed by atoms with E-state index in [1.165, 1.54) is 11.8 Å². The minimum atomic E-state index is -0.714. The van der Waals surface area contributed by atoms with Gasteiger partial charge in [0.05, 0.1) is 5.56 Å². The zero-order valence-corrected chi connectivity index (χ0v) is 13.8. The van der Waals surface area contributed by atoms with Gasteiger partial charge in [-0.3, -0.25) is 9.59 Å². The maximum atomic E-state index is 13.8. The van der Waals surface area contributed by atoms with Crippen LogP contribution in [0.1, 0.15) is 27.6 Å². The zero-order chi connectivity index (χ0) is 18.0. The maximum Gasteiger partial charge on any atom is 0.257 e. The Kier molecular flexibility index (Phi) is 4.79. The molecule has 1 saturated heterocycles. The first kappa shape index (κ1) is 17.1. The van der Waals surface area contributed by atoms with E-state index >= 15 is 0 Å². The number of Topliss-reactive ketones (excluding diaryl/α,β-unsaturated/α-hetero) is 1. The molecular formula is C19H18F2N2O2. The molecule has 1 amide bonds. The van der Waals surface area contributed by atoms with Gasteiger partial charge in [0, 0.05) is 37.4 Å². The third-order valence-electron chi connectivity index (χ3n) is 4.36. The highest BCUT2D eigenvalue weighted by Gasteiger charge is 2.24. The molecule has 1 fully saturated rings. The summed E-state index contributed by atoms with van der Waals surface area (Å²) >= 11 is 0. The Morgan fingerprint density at radius 2 is 1.56 bits per heavy atom. The third-order valence-corrected chi connectivity index (χ3v) is 4.36. The van der Waals surface area contributed by atoms with Crippen LogP contribution in [0.5, 0.6) is 0 Å². The first-order chi connectivity index (χ1) is 12.0. The summed E-state index contributed by atoms with van der Waals surface area (Å²) in [6, 6.07) is 10.2. The highest BCUT2D eigenvalue weighted by atomic mass is 19.1. The van der Waals surface area contributed by atoms with E-state index in [2.05, 4.69) is 4.90 Å². The van der Waals surface area contributed by atoms with E-state index in [1.54, 1.807) is 12.1 Å². The molecule has 0 saturated carbocycles. The number of carbonyl (C=O) groups is 2. The van der Waals surface area contributed by atoms with Gasteiger partial charge in [-0.2, -0.15) is 0 Å². The first-order valence-electron chi connectivity index (χ1n) is 8.06. The fraction of sp³-hybridized carbons (Fsp3) is 0.263. The number of anilines is 1. The van der Waals surface area contributed by atoms with E-state index in [4.69, 9.17) is 0 Å². The summed E-state index contributed by atoms with van der Waals surface area (Å²) in [6.07, 6.45) is 0. The molecule has 0 unspecified atom stereocenters. The van der Waals surface area contributed by atoms with Crippen LogP contribution in [-0.2, 0) is 0 Å². The van der Waals surface area contributed by atoms with E-state index in [-0.39, 0.29) is 11.3 Å². The van der Waals surface area contributed by atoms with Crippen molar-refractivity contribution in [3.05, 3.63) is 65.2 Å². The van der Waals surface area contributed by atoms with Crippen molar-refractivity contribution in [3.63, 3.8) is 0 Å². The summed E-state index contributed by atoms with van der Waals surface area (Å²) in [5.41, 5.74) is 1.38. The summed E-state index contributed by atoms with van der Waals surface area (Å²) in [4.78, 5) is 27.3. The predicted octanol–water partition coefficient (Wildman–Crippen LogP) is 3.13.